The summed E-state index contributed by atoms with van der Waals surface area (Å²) in [6.45, 7) is 5.84. The molecule has 0 aliphatic heterocycles. The quantitative estimate of drug-likeness (QED) is 0.741. The SMILES string of the molecule is CCC(C)(C)C(=O)c1ccc(OC)c(OC)c1OC. The van der Waals surface area contributed by atoms with Gasteiger partial charge in [0.25, 0.3) is 0 Å². The van der Waals surface area contributed by atoms with Crippen LogP contribution in [-0.2, 0) is 0 Å². The lowest BCUT2D eigenvalue weighted by molar-refractivity contribution is 0.0829. The van der Waals surface area contributed by atoms with Crippen LogP contribution >= 0.6 is 0 Å². The fourth-order valence-electron chi connectivity index (χ4n) is 1.81. The van der Waals surface area contributed by atoms with Crippen molar-refractivity contribution in [3.8, 4) is 17.2 Å². The van der Waals surface area contributed by atoms with Gasteiger partial charge in [-0.3, -0.25) is 4.79 Å². The third kappa shape index (κ3) is 2.83. The number of Topliss-reactive ketones (excluding diaryl/α,β-unsaturated/α-hetero) is 1. The van der Waals surface area contributed by atoms with E-state index >= 15 is 0 Å². The van der Waals surface area contributed by atoms with Gasteiger partial charge in [0.2, 0.25) is 5.75 Å². The minimum Gasteiger partial charge on any atom is -0.493 e. The van der Waals surface area contributed by atoms with Crippen molar-refractivity contribution in [2.45, 2.75) is 27.2 Å². The molecule has 19 heavy (non-hydrogen) atoms. The van der Waals surface area contributed by atoms with E-state index in [-0.39, 0.29) is 5.78 Å². The topological polar surface area (TPSA) is 44.8 Å². The van der Waals surface area contributed by atoms with Crippen molar-refractivity contribution in [2.24, 2.45) is 5.41 Å². The number of hydrogen-bond acceptors (Lipinski definition) is 4. The van der Waals surface area contributed by atoms with Crippen molar-refractivity contribution in [3.05, 3.63) is 17.7 Å². The summed E-state index contributed by atoms with van der Waals surface area (Å²) in [5, 5.41) is 0. The predicted molar refractivity (Wildman–Crippen MR) is 74.5 cm³/mol. The maximum Gasteiger partial charge on any atom is 0.204 e. The Hall–Kier alpha value is -1.71. The van der Waals surface area contributed by atoms with Crippen LogP contribution in [0.3, 0.4) is 0 Å². The van der Waals surface area contributed by atoms with Crippen LogP contribution in [0.15, 0.2) is 12.1 Å². The molecular formula is C15H22O4. The van der Waals surface area contributed by atoms with Crippen molar-refractivity contribution < 1.29 is 19.0 Å². The smallest absolute Gasteiger partial charge is 0.204 e. The Balaban J connectivity index is 3.41. The van der Waals surface area contributed by atoms with E-state index in [1.807, 2.05) is 20.8 Å². The molecule has 0 saturated carbocycles. The normalized spacial score (nSPS) is 11.1. The van der Waals surface area contributed by atoms with Crippen molar-refractivity contribution in [1.82, 2.24) is 0 Å². The summed E-state index contributed by atoms with van der Waals surface area (Å²) >= 11 is 0. The number of methoxy groups -OCH3 is 3. The number of ketones is 1. The molecule has 0 aromatic heterocycles. The van der Waals surface area contributed by atoms with E-state index in [9.17, 15) is 4.79 Å². The molecule has 0 unspecified atom stereocenters. The second kappa shape index (κ2) is 5.95. The number of carbonyl (C=O) groups is 1. The highest BCUT2D eigenvalue weighted by Gasteiger charge is 2.31. The van der Waals surface area contributed by atoms with Gasteiger partial charge in [-0.15, -0.1) is 0 Å². The first-order valence-corrected chi connectivity index (χ1v) is 6.26. The number of carbonyl (C=O) groups excluding carboxylic acids is 1. The summed E-state index contributed by atoms with van der Waals surface area (Å²) in [4.78, 5) is 12.6. The zero-order chi connectivity index (χ0) is 14.6. The van der Waals surface area contributed by atoms with Gasteiger partial charge in [-0.05, 0) is 18.6 Å². The first-order chi connectivity index (χ1) is 8.92. The second-order valence-corrected chi connectivity index (χ2v) is 4.95. The third-order valence-corrected chi connectivity index (χ3v) is 3.45. The van der Waals surface area contributed by atoms with Crippen LogP contribution in [0.25, 0.3) is 0 Å². The lowest BCUT2D eigenvalue weighted by Gasteiger charge is -2.23. The van der Waals surface area contributed by atoms with E-state index in [2.05, 4.69) is 0 Å². The van der Waals surface area contributed by atoms with Crippen LogP contribution < -0.4 is 14.2 Å². The molecule has 0 bridgehead atoms. The Bertz CT molecular complexity index is 463. The van der Waals surface area contributed by atoms with Gasteiger partial charge in [-0.25, -0.2) is 0 Å². The van der Waals surface area contributed by atoms with Gasteiger partial charge in [-0.1, -0.05) is 20.8 Å². The fourth-order valence-corrected chi connectivity index (χ4v) is 1.81. The summed E-state index contributed by atoms with van der Waals surface area (Å²) in [5.41, 5.74) is 0.0828. The molecule has 0 radical (unpaired) electrons. The van der Waals surface area contributed by atoms with E-state index in [4.69, 9.17) is 14.2 Å². The van der Waals surface area contributed by atoms with Crippen LogP contribution in [0.4, 0.5) is 0 Å². The Labute approximate surface area is 114 Å². The van der Waals surface area contributed by atoms with Crippen LogP contribution in [0.2, 0.25) is 0 Å². The summed E-state index contributed by atoms with van der Waals surface area (Å²) in [6, 6.07) is 3.44. The van der Waals surface area contributed by atoms with Crippen molar-refractivity contribution in [1.29, 1.82) is 0 Å². The zero-order valence-corrected chi connectivity index (χ0v) is 12.5. The largest absolute Gasteiger partial charge is 0.493 e. The number of hydrogen-bond donors (Lipinski definition) is 0. The molecule has 0 amide bonds. The highest BCUT2D eigenvalue weighted by molar-refractivity contribution is 6.03. The first-order valence-electron chi connectivity index (χ1n) is 6.26. The van der Waals surface area contributed by atoms with Crippen molar-refractivity contribution in [2.75, 3.05) is 21.3 Å². The van der Waals surface area contributed by atoms with Gasteiger partial charge >= 0.3 is 0 Å². The minimum atomic E-state index is -0.438. The Morgan fingerprint density at radius 2 is 1.63 bits per heavy atom. The summed E-state index contributed by atoms with van der Waals surface area (Å²) in [5.74, 6) is 1.45. The average molecular weight is 266 g/mol. The molecule has 1 rings (SSSR count). The summed E-state index contributed by atoms with van der Waals surface area (Å²) in [7, 11) is 4.60. The molecule has 0 atom stereocenters. The van der Waals surface area contributed by atoms with Gasteiger partial charge in [-0.2, -0.15) is 0 Å². The molecule has 106 valence electrons. The van der Waals surface area contributed by atoms with E-state index < -0.39 is 5.41 Å². The lowest BCUT2D eigenvalue weighted by atomic mass is 9.81. The Morgan fingerprint density at radius 3 is 2.05 bits per heavy atom. The number of benzene rings is 1. The molecule has 0 aliphatic rings. The number of ether oxygens (including phenoxy) is 3. The summed E-state index contributed by atoms with van der Waals surface area (Å²) < 4.78 is 15.8. The highest BCUT2D eigenvalue weighted by atomic mass is 16.5. The Morgan fingerprint density at radius 1 is 1.05 bits per heavy atom. The summed E-state index contributed by atoms with van der Waals surface area (Å²) in [6.07, 6.45) is 0.753. The molecule has 0 saturated heterocycles. The molecule has 0 N–H and O–H groups in total. The minimum absolute atomic E-state index is 0.0350. The fraction of sp³-hybridized carbons (Fsp3) is 0.533. The third-order valence-electron chi connectivity index (χ3n) is 3.45. The van der Waals surface area contributed by atoms with Crippen LogP contribution in [0.5, 0.6) is 17.2 Å². The van der Waals surface area contributed by atoms with Crippen molar-refractivity contribution in [3.63, 3.8) is 0 Å². The molecule has 0 heterocycles. The Kier molecular flexibility index (Phi) is 4.81. The number of rotatable bonds is 6. The van der Waals surface area contributed by atoms with Gasteiger partial charge in [0, 0.05) is 5.41 Å². The predicted octanol–water partition coefficient (Wildman–Crippen LogP) is 3.33. The molecule has 1 aromatic carbocycles. The van der Waals surface area contributed by atoms with E-state index in [0.29, 0.717) is 22.8 Å². The van der Waals surface area contributed by atoms with E-state index in [1.165, 1.54) is 14.2 Å². The second-order valence-electron chi connectivity index (χ2n) is 4.95. The van der Waals surface area contributed by atoms with Gasteiger partial charge in [0.15, 0.2) is 17.3 Å². The van der Waals surface area contributed by atoms with Gasteiger partial charge < -0.3 is 14.2 Å². The monoisotopic (exact) mass is 266 g/mol. The zero-order valence-electron chi connectivity index (χ0n) is 12.5. The highest BCUT2D eigenvalue weighted by Crippen LogP contribution is 2.42. The molecule has 4 heteroatoms. The maximum absolute atomic E-state index is 12.6. The molecule has 0 fully saturated rings. The molecular weight excluding hydrogens is 244 g/mol. The standard InChI is InChI=1S/C15H22O4/c1-7-15(2,3)14(16)10-8-9-11(17-4)13(19-6)12(10)18-5/h8-9H,7H2,1-6H3. The lowest BCUT2D eigenvalue weighted by Crippen LogP contribution is -2.24. The van der Waals surface area contributed by atoms with Gasteiger partial charge in [0.05, 0.1) is 26.9 Å². The molecule has 0 aliphatic carbocycles. The van der Waals surface area contributed by atoms with E-state index in [1.54, 1.807) is 19.2 Å². The van der Waals surface area contributed by atoms with Crippen LogP contribution in [-0.4, -0.2) is 27.1 Å². The molecule has 1 aromatic rings. The van der Waals surface area contributed by atoms with Gasteiger partial charge in [0.1, 0.15) is 0 Å². The molecule has 0 spiro atoms. The van der Waals surface area contributed by atoms with Crippen LogP contribution in [0, 0.1) is 5.41 Å². The van der Waals surface area contributed by atoms with E-state index in [0.717, 1.165) is 6.42 Å². The molecule has 4 nitrogen and oxygen atoms in total. The average Bonchev–Trinajstić information content (AvgIpc) is 2.44. The first kappa shape index (κ1) is 15.3. The van der Waals surface area contributed by atoms with Crippen LogP contribution in [0.1, 0.15) is 37.6 Å². The van der Waals surface area contributed by atoms with Crippen molar-refractivity contribution >= 4 is 5.78 Å². The maximum atomic E-state index is 12.6.